The van der Waals surface area contributed by atoms with Crippen LogP contribution in [0.2, 0.25) is 0 Å². The Morgan fingerprint density at radius 3 is 1.83 bits per heavy atom. The van der Waals surface area contributed by atoms with E-state index in [1.54, 1.807) is 0 Å². The molecule has 0 aliphatic heterocycles. The van der Waals surface area contributed by atoms with Gasteiger partial charge in [0.1, 0.15) is 0 Å². The maximum Gasteiger partial charge on any atom is -0.00199 e. The topological polar surface area (TPSA) is 0 Å². The molecule has 0 heteroatoms. The van der Waals surface area contributed by atoms with Crippen LogP contribution in [0.1, 0.15) is 32.3 Å². The van der Waals surface area contributed by atoms with Crippen LogP contribution < -0.4 is 0 Å². The predicted molar refractivity (Wildman–Crippen MR) is 200 cm³/mol. The highest BCUT2D eigenvalue weighted by atomic mass is 14.3. The molecule has 0 nitrogen and oxygen atoms in total. The fourth-order valence-electron chi connectivity index (χ4n) is 8.37. The van der Waals surface area contributed by atoms with E-state index in [0.29, 0.717) is 11.8 Å². The molecule has 0 saturated carbocycles. The minimum absolute atomic E-state index is 0.602. The van der Waals surface area contributed by atoms with Crippen LogP contribution in [-0.2, 0) is 0 Å². The number of benzene rings is 8. The highest BCUT2D eigenvalue weighted by Crippen LogP contribution is 2.48. The van der Waals surface area contributed by atoms with Gasteiger partial charge in [0.25, 0.3) is 0 Å². The van der Waals surface area contributed by atoms with E-state index in [9.17, 15) is 0 Å². The lowest BCUT2D eigenvalue weighted by atomic mass is 9.79. The third-order valence-electron chi connectivity index (χ3n) is 10.3. The summed E-state index contributed by atoms with van der Waals surface area (Å²) in [6.45, 7) is 4.77. The van der Waals surface area contributed by atoms with Crippen LogP contribution in [0.3, 0.4) is 0 Å². The van der Waals surface area contributed by atoms with Crippen LogP contribution in [0.5, 0.6) is 0 Å². The second kappa shape index (κ2) is 10.7. The van der Waals surface area contributed by atoms with E-state index in [4.69, 9.17) is 0 Å². The molecule has 0 saturated heterocycles. The standard InChI is InChI=1S/C46H36/c1-29-23-30(2)25-36(24-29)33-21-22-42-44(27-33)45(35-20-19-31-11-3-4-12-32(31)26-35)40-17-9-10-18-41(40)46(42)43-28-34-13-5-6-14-37(34)38-15-7-8-16-39(38)43/h3-22,24,26-30H,23,25H2,1-2H3. The molecular weight excluding hydrogens is 553 g/mol. The Labute approximate surface area is 270 Å². The van der Waals surface area contributed by atoms with Gasteiger partial charge in [0.15, 0.2) is 0 Å². The summed E-state index contributed by atoms with van der Waals surface area (Å²) >= 11 is 0. The molecule has 9 rings (SSSR count). The van der Waals surface area contributed by atoms with Crippen molar-refractivity contribution in [2.24, 2.45) is 11.8 Å². The summed E-state index contributed by atoms with van der Waals surface area (Å²) in [6.07, 6.45) is 4.93. The van der Waals surface area contributed by atoms with Gasteiger partial charge in [-0.25, -0.2) is 0 Å². The van der Waals surface area contributed by atoms with Crippen LogP contribution in [0, 0.1) is 11.8 Å². The molecule has 220 valence electrons. The predicted octanol–water partition coefficient (Wildman–Crippen LogP) is 13.2. The first-order valence-corrected chi connectivity index (χ1v) is 16.7. The maximum absolute atomic E-state index is 2.52. The molecule has 0 radical (unpaired) electrons. The van der Waals surface area contributed by atoms with Gasteiger partial charge < -0.3 is 0 Å². The quantitative estimate of drug-likeness (QED) is 0.142. The number of rotatable bonds is 3. The Morgan fingerprint density at radius 1 is 0.435 bits per heavy atom. The van der Waals surface area contributed by atoms with E-state index < -0.39 is 0 Å². The van der Waals surface area contributed by atoms with Gasteiger partial charge in [-0.2, -0.15) is 0 Å². The maximum atomic E-state index is 2.52. The molecule has 0 aromatic heterocycles. The van der Waals surface area contributed by atoms with Crippen molar-refractivity contribution in [3.8, 4) is 22.3 Å². The van der Waals surface area contributed by atoms with Crippen LogP contribution in [0.25, 0.3) is 81.7 Å². The SMILES string of the molecule is CC1C=C(c2ccc3c(-c4cc5ccccc5c5ccccc45)c4ccccc4c(-c4ccc5ccccc5c4)c3c2)CC(C)C1. The van der Waals surface area contributed by atoms with E-state index >= 15 is 0 Å². The molecule has 46 heavy (non-hydrogen) atoms. The average molecular weight is 589 g/mol. The van der Waals surface area contributed by atoms with Crippen molar-refractivity contribution >= 4 is 59.4 Å². The van der Waals surface area contributed by atoms with Crippen molar-refractivity contribution in [3.05, 3.63) is 151 Å². The molecule has 8 aromatic carbocycles. The molecule has 2 unspecified atom stereocenters. The van der Waals surface area contributed by atoms with Crippen molar-refractivity contribution in [2.75, 3.05) is 0 Å². The fourth-order valence-corrected chi connectivity index (χ4v) is 8.37. The van der Waals surface area contributed by atoms with Gasteiger partial charge in [-0.15, -0.1) is 0 Å². The van der Waals surface area contributed by atoms with E-state index in [1.165, 1.54) is 93.7 Å². The summed E-state index contributed by atoms with van der Waals surface area (Å²) in [5.74, 6) is 1.30. The van der Waals surface area contributed by atoms with Crippen LogP contribution in [0.15, 0.2) is 146 Å². The van der Waals surface area contributed by atoms with Crippen molar-refractivity contribution < 1.29 is 0 Å². The number of hydrogen-bond donors (Lipinski definition) is 0. The molecule has 1 aliphatic carbocycles. The van der Waals surface area contributed by atoms with Crippen molar-refractivity contribution in [3.63, 3.8) is 0 Å². The molecule has 0 heterocycles. The van der Waals surface area contributed by atoms with Gasteiger partial charge in [0.2, 0.25) is 0 Å². The summed E-state index contributed by atoms with van der Waals surface area (Å²) in [6, 6.07) is 52.3. The van der Waals surface area contributed by atoms with E-state index in [0.717, 1.165) is 6.42 Å². The molecule has 1 aliphatic rings. The number of fused-ring (bicyclic) bond motifs is 6. The van der Waals surface area contributed by atoms with Crippen molar-refractivity contribution in [1.82, 2.24) is 0 Å². The average Bonchev–Trinajstić information content (AvgIpc) is 3.09. The summed E-state index contributed by atoms with van der Waals surface area (Å²) in [5.41, 5.74) is 8.06. The lowest BCUT2D eigenvalue weighted by molar-refractivity contribution is 0.457. The molecule has 0 N–H and O–H groups in total. The Bertz CT molecular complexity index is 2510. The first-order chi connectivity index (χ1) is 22.6. The fraction of sp³-hybridized carbons (Fsp3) is 0.130. The molecule has 8 aromatic rings. The highest BCUT2D eigenvalue weighted by Gasteiger charge is 2.22. The Balaban J connectivity index is 1.44. The van der Waals surface area contributed by atoms with Gasteiger partial charge in [-0.1, -0.05) is 141 Å². The zero-order valence-corrected chi connectivity index (χ0v) is 26.4. The van der Waals surface area contributed by atoms with E-state index in [-0.39, 0.29) is 0 Å². The Kier molecular flexibility index (Phi) is 6.32. The molecule has 0 spiro atoms. The molecule has 0 bridgehead atoms. The largest absolute Gasteiger partial charge is 0.0779 e. The monoisotopic (exact) mass is 588 g/mol. The third-order valence-corrected chi connectivity index (χ3v) is 10.3. The third kappa shape index (κ3) is 4.36. The minimum Gasteiger partial charge on any atom is -0.0779 e. The van der Waals surface area contributed by atoms with Gasteiger partial charge in [-0.3, -0.25) is 0 Å². The number of allylic oxidation sites excluding steroid dienone is 2. The van der Waals surface area contributed by atoms with Crippen LogP contribution in [0.4, 0.5) is 0 Å². The summed E-state index contributed by atoms with van der Waals surface area (Å²) < 4.78 is 0. The summed E-state index contributed by atoms with van der Waals surface area (Å²) in [7, 11) is 0. The van der Waals surface area contributed by atoms with Gasteiger partial charge in [-0.05, 0) is 130 Å². The van der Waals surface area contributed by atoms with Crippen LogP contribution in [-0.4, -0.2) is 0 Å². The minimum atomic E-state index is 0.602. The molecule has 2 atom stereocenters. The van der Waals surface area contributed by atoms with Crippen LogP contribution >= 0.6 is 0 Å². The van der Waals surface area contributed by atoms with E-state index in [2.05, 4.69) is 159 Å². The van der Waals surface area contributed by atoms with E-state index in [1.807, 2.05) is 0 Å². The highest BCUT2D eigenvalue weighted by molar-refractivity contribution is 6.26. The zero-order chi connectivity index (χ0) is 30.8. The second-order valence-corrected chi connectivity index (χ2v) is 13.5. The summed E-state index contributed by atoms with van der Waals surface area (Å²) in [5, 5.41) is 13.0. The first kappa shape index (κ1) is 27.1. The van der Waals surface area contributed by atoms with Gasteiger partial charge in [0, 0.05) is 0 Å². The zero-order valence-electron chi connectivity index (χ0n) is 26.4. The van der Waals surface area contributed by atoms with Crippen molar-refractivity contribution in [2.45, 2.75) is 26.7 Å². The Hall–Kier alpha value is -5.20. The number of hydrogen-bond acceptors (Lipinski definition) is 0. The Morgan fingerprint density at radius 2 is 1.04 bits per heavy atom. The lowest BCUT2D eigenvalue weighted by Gasteiger charge is -2.25. The van der Waals surface area contributed by atoms with Gasteiger partial charge >= 0.3 is 0 Å². The first-order valence-electron chi connectivity index (χ1n) is 16.7. The summed E-state index contributed by atoms with van der Waals surface area (Å²) in [4.78, 5) is 0. The molecule has 0 fully saturated rings. The second-order valence-electron chi connectivity index (χ2n) is 13.5. The molecular formula is C46H36. The molecule has 0 amide bonds. The normalized spacial score (nSPS) is 16.9. The lowest BCUT2D eigenvalue weighted by Crippen LogP contribution is -2.09. The smallest absolute Gasteiger partial charge is 0.00199 e. The van der Waals surface area contributed by atoms with Gasteiger partial charge in [0.05, 0.1) is 0 Å². The van der Waals surface area contributed by atoms with Crippen molar-refractivity contribution in [1.29, 1.82) is 0 Å².